The molecule has 1 amide bonds. The SMILES string of the molecule is O=C(CC1[C@H]2CN(Cc3ccsc3)C[C@@H]12)NCc1ccco1. The predicted octanol–water partition coefficient (Wildman–Crippen LogP) is 2.73. The summed E-state index contributed by atoms with van der Waals surface area (Å²) in [7, 11) is 0. The van der Waals surface area contributed by atoms with Crippen LogP contribution in [0.4, 0.5) is 0 Å². The van der Waals surface area contributed by atoms with Crippen LogP contribution >= 0.6 is 11.3 Å². The lowest BCUT2D eigenvalue weighted by Crippen LogP contribution is -2.27. The van der Waals surface area contributed by atoms with E-state index in [2.05, 4.69) is 27.0 Å². The van der Waals surface area contributed by atoms with Crippen molar-refractivity contribution < 1.29 is 9.21 Å². The van der Waals surface area contributed by atoms with E-state index >= 15 is 0 Å². The second kappa shape index (κ2) is 5.89. The van der Waals surface area contributed by atoms with E-state index in [1.165, 1.54) is 5.56 Å². The highest BCUT2D eigenvalue weighted by molar-refractivity contribution is 7.07. The predicted molar refractivity (Wildman–Crippen MR) is 85.2 cm³/mol. The molecule has 1 saturated carbocycles. The summed E-state index contributed by atoms with van der Waals surface area (Å²) in [6.45, 7) is 3.86. The van der Waals surface area contributed by atoms with Crippen LogP contribution in [0.5, 0.6) is 0 Å². The average Bonchev–Trinajstić information content (AvgIpc) is 3.07. The highest BCUT2D eigenvalue weighted by Gasteiger charge is 2.55. The van der Waals surface area contributed by atoms with E-state index in [9.17, 15) is 4.79 Å². The van der Waals surface area contributed by atoms with Crippen LogP contribution < -0.4 is 5.32 Å². The largest absolute Gasteiger partial charge is 0.467 e. The zero-order valence-electron chi connectivity index (χ0n) is 12.4. The second-order valence-electron chi connectivity index (χ2n) is 6.38. The van der Waals surface area contributed by atoms with E-state index in [0.717, 1.165) is 37.2 Å². The minimum absolute atomic E-state index is 0.153. The summed E-state index contributed by atoms with van der Waals surface area (Å²) in [5.41, 5.74) is 1.42. The van der Waals surface area contributed by atoms with Gasteiger partial charge in [-0.15, -0.1) is 0 Å². The molecule has 22 heavy (non-hydrogen) atoms. The van der Waals surface area contributed by atoms with Gasteiger partial charge in [-0.25, -0.2) is 0 Å². The number of carbonyl (C=O) groups is 1. The van der Waals surface area contributed by atoms with Crippen LogP contribution in [0.25, 0.3) is 0 Å². The van der Waals surface area contributed by atoms with Gasteiger partial charge in [0.1, 0.15) is 5.76 Å². The molecule has 1 aliphatic carbocycles. The summed E-state index contributed by atoms with van der Waals surface area (Å²) < 4.78 is 5.22. The molecule has 1 unspecified atom stereocenters. The minimum atomic E-state index is 0.153. The summed E-state index contributed by atoms with van der Waals surface area (Å²) in [5, 5.41) is 7.31. The maximum Gasteiger partial charge on any atom is 0.220 e. The molecule has 4 rings (SSSR count). The van der Waals surface area contributed by atoms with Crippen LogP contribution in [0.1, 0.15) is 17.7 Å². The summed E-state index contributed by atoms with van der Waals surface area (Å²) >= 11 is 1.76. The van der Waals surface area contributed by atoms with Crippen LogP contribution in [-0.2, 0) is 17.9 Å². The lowest BCUT2D eigenvalue weighted by molar-refractivity contribution is -0.121. The Hall–Kier alpha value is -1.59. The molecule has 2 fully saturated rings. The number of hydrogen-bond donors (Lipinski definition) is 1. The van der Waals surface area contributed by atoms with Gasteiger partial charge in [-0.05, 0) is 52.3 Å². The molecule has 0 spiro atoms. The maximum absolute atomic E-state index is 12.0. The number of nitrogens with zero attached hydrogens (tertiary/aromatic N) is 1. The van der Waals surface area contributed by atoms with E-state index in [-0.39, 0.29) is 5.91 Å². The summed E-state index contributed by atoms with van der Waals surface area (Å²) in [6, 6.07) is 5.93. The van der Waals surface area contributed by atoms with Crippen molar-refractivity contribution in [2.45, 2.75) is 19.5 Å². The van der Waals surface area contributed by atoms with Crippen molar-refractivity contribution in [3.8, 4) is 0 Å². The molecule has 0 bridgehead atoms. The zero-order valence-corrected chi connectivity index (χ0v) is 13.2. The van der Waals surface area contributed by atoms with Crippen LogP contribution in [0.3, 0.4) is 0 Å². The van der Waals surface area contributed by atoms with Crippen molar-refractivity contribution in [2.24, 2.45) is 17.8 Å². The Morgan fingerprint density at radius 2 is 2.23 bits per heavy atom. The monoisotopic (exact) mass is 316 g/mol. The molecule has 0 aromatic carbocycles. The van der Waals surface area contributed by atoms with Crippen LogP contribution in [0.2, 0.25) is 0 Å². The van der Waals surface area contributed by atoms with Crippen LogP contribution in [0, 0.1) is 17.8 Å². The molecule has 4 nitrogen and oxygen atoms in total. The lowest BCUT2D eigenvalue weighted by Gasteiger charge is -2.18. The van der Waals surface area contributed by atoms with E-state index in [1.807, 2.05) is 12.1 Å². The number of fused-ring (bicyclic) bond motifs is 1. The maximum atomic E-state index is 12.0. The first kappa shape index (κ1) is 14.0. The van der Waals surface area contributed by atoms with Crippen LogP contribution in [-0.4, -0.2) is 23.9 Å². The third kappa shape index (κ3) is 2.96. The first-order chi connectivity index (χ1) is 10.8. The summed E-state index contributed by atoms with van der Waals surface area (Å²) in [4.78, 5) is 14.5. The molecule has 1 N–H and O–H groups in total. The molecule has 2 aromatic rings. The molecular weight excluding hydrogens is 296 g/mol. The molecule has 5 heteroatoms. The van der Waals surface area contributed by atoms with Gasteiger partial charge in [-0.1, -0.05) is 0 Å². The van der Waals surface area contributed by atoms with Gasteiger partial charge >= 0.3 is 0 Å². The third-order valence-electron chi connectivity index (χ3n) is 4.89. The molecule has 2 aliphatic rings. The van der Waals surface area contributed by atoms with Crippen molar-refractivity contribution >= 4 is 17.2 Å². The Labute approximate surface area is 134 Å². The van der Waals surface area contributed by atoms with E-state index in [0.29, 0.717) is 18.9 Å². The van der Waals surface area contributed by atoms with Crippen molar-refractivity contribution in [3.05, 3.63) is 46.5 Å². The first-order valence-electron chi connectivity index (χ1n) is 7.82. The Balaban J connectivity index is 1.19. The lowest BCUT2D eigenvalue weighted by atomic mass is 10.1. The quantitative estimate of drug-likeness (QED) is 0.891. The fraction of sp³-hybridized carbons (Fsp3) is 0.471. The molecule has 0 radical (unpaired) electrons. The van der Waals surface area contributed by atoms with Crippen LogP contribution in [0.15, 0.2) is 39.6 Å². The molecule has 3 atom stereocenters. The molecule has 2 aromatic heterocycles. The number of furan rings is 1. The van der Waals surface area contributed by atoms with Gasteiger partial charge in [-0.2, -0.15) is 11.3 Å². The Morgan fingerprint density at radius 1 is 1.36 bits per heavy atom. The number of rotatable bonds is 6. The minimum Gasteiger partial charge on any atom is -0.467 e. The molecule has 116 valence electrons. The number of likely N-dealkylation sites (tertiary alicyclic amines) is 1. The van der Waals surface area contributed by atoms with E-state index in [4.69, 9.17) is 4.42 Å². The Bertz CT molecular complexity index is 611. The molecular formula is C17H20N2O2S. The molecule has 1 saturated heterocycles. The van der Waals surface area contributed by atoms with E-state index < -0.39 is 0 Å². The van der Waals surface area contributed by atoms with Gasteiger partial charge in [0.05, 0.1) is 12.8 Å². The van der Waals surface area contributed by atoms with Gasteiger partial charge in [0.15, 0.2) is 0 Å². The van der Waals surface area contributed by atoms with Crippen molar-refractivity contribution in [3.63, 3.8) is 0 Å². The second-order valence-corrected chi connectivity index (χ2v) is 7.16. The van der Waals surface area contributed by atoms with Gasteiger partial charge in [-0.3, -0.25) is 9.69 Å². The molecule has 3 heterocycles. The third-order valence-corrected chi connectivity index (χ3v) is 5.63. The number of amides is 1. The number of carbonyl (C=O) groups excluding carboxylic acids is 1. The standard InChI is InChI=1S/C17H20N2O2S/c20-17(18-7-13-2-1-4-21-13)6-14-15-9-19(10-16(14)15)8-12-3-5-22-11-12/h1-5,11,14-16H,6-10H2,(H,18,20)/t14?,15-,16+. The number of nitrogens with one attached hydrogen (secondary N) is 1. The normalized spacial score (nSPS) is 26.8. The first-order valence-corrected chi connectivity index (χ1v) is 8.76. The fourth-order valence-corrected chi connectivity index (χ4v) is 4.35. The van der Waals surface area contributed by atoms with Gasteiger partial charge in [0.2, 0.25) is 5.91 Å². The number of hydrogen-bond acceptors (Lipinski definition) is 4. The molecule has 1 aliphatic heterocycles. The highest BCUT2D eigenvalue weighted by Crippen LogP contribution is 2.53. The highest BCUT2D eigenvalue weighted by atomic mass is 32.1. The van der Waals surface area contributed by atoms with Gasteiger partial charge in [0, 0.05) is 26.1 Å². The Morgan fingerprint density at radius 3 is 2.91 bits per heavy atom. The Kier molecular flexibility index (Phi) is 3.76. The van der Waals surface area contributed by atoms with Crippen molar-refractivity contribution in [1.29, 1.82) is 0 Å². The topological polar surface area (TPSA) is 45.5 Å². The summed E-state index contributed by atoms with van der Waals surface area (Å²) in [5.74, 6) is 3.02. The zero-order chi connectivity index (χ0) is 14.9. The van der Waals surface area contributed by atoms with E-state index in [1.54, 1.807) is 17.6 Å². The fourth-order valence-electron chi connectivity index (χ4n) is 3.69. The van der Waals surface area contributed by atoms with Gasteiger partial charge < -0.3 is 9.73 Å². The van der Waals surface area contributed by atoms with Gasteiger partial charge in [0.25, 0.3) is 0 Å². The van der Waals surface area contributed by atoms with Crippen molar-refractivity contribution in [1.82, 2.24) is 10.2 Å². The smallest absolute Gasteiger partial charge is 0.220 e. The number of piperidine rings is 1. The average molecular weight is 316 g/mol. The summed E-state index contributed by atoms with van der Waals surface area (Å²) in [6.07, 6.45) is 2.30. The van der Waals surface area contributed by atoms with Crippen molar-refractivity contribution in [2.75, 3.05) is 13.1 Å². The number of thiophene rings is 1.